The van der Waals surface area contributed by atoms with E-state index in [0.29, 0.717) is 0 Å². The average molecular weight is 258 g/mol. The number of benzene rings is 1. The van der Waals surface area contributed by atoms with Gasteiger partial charge in [-0.15, -0.1) is 11.3 Å². The van der Waals surface area contributed by atoms with Gasteiger partial charge in [0.05, 0.1) is 22.7 Å². The van der Waals surface area contributed by atoms with E-state index in [1.807, 2.05) is 18.2 Å². The van der Waals surface area contributed by atoms with E-state index < -0.39 is 0 Å². The first-order chi connectivity index (χ1) is 8.83. The summed E-state index contributed by atoms with van der Waals surface area (Å²) in [5, 5.41) is 4.57. The van der Waals surface area contributed by atoms with E-state index in [-0.39, 0.29) is 6.04 Å². The van der Waals surface area contributed by atoms with Crippen molar-refractivity contribution in [1.29, 1.82) is 0 Å². The normalized spacial score (nSPS) is 12.9. The average Bonchev–Trinajstić information content (AvgIpc) is 3.04. The Hall–Kier alpha value is -1.65. The lowest BCUT2D eigenvalue weighted by molar-refractivity contribution is 0.538. The smallest absolute Gasteiger partial charge is 0.108 e. The molecule has 0 aliphatic carbocycles. The van der Waals surface area contributed by atoms with Crippen LogP contribution in [0.15, 0.2) is 47.3 Å². The first-order valence-corrected chi connectivity index (χ1v) is 6.74. The van der Waals surface area contributed by atoms with Crippen LogP contribution in [0.25, 0.3) is 10.2 Å². The van der Waals surface area contributed by atoms with Crippen LogP contribution in [-0.4, -0.2) is 4.98 Å². The van der Waals surface area contributed by atoms with Crippen LogP contribution >= 0.6 is 11.3 Å². The van der Waals surface area contributed by atoms with Gasteiger partial charge in [-0.3, -0.25) is 0 Å². The third kappa shape index (κ3) is 2.30. The van der Waals surface area contributed by atoms with Crippen LogP contribution in [-0.2, 0) is 6.54 Å². The lowest BCUT2D eigenvalue weighted by atomic mass is 10.2. The van der Waals surface area contributed by atoms with E-state index >= 15 is 0 Å². The quantitative estimate of drug-likeness (QED) is 0.774. The van der Waals surface area contributed by atoms with E-state index in [1.54, 1.807) is 23.9 Å². The molecule has 0 saturated heterocycles. The third-order valence-corrected chi connectivity index (χ3v) is 3.98. The van der Waals surface area contributed by atoms with Crippen LogP contribution in [0.3, 0.4) is 0 Å². The van der Waals surface area contributed by atoms with Crippen molar-refractivity contribution in [2.45, 2.75) is 19.5 Å². The fourth-order valence-electron chi connectivity index (χ4n) is 1.88. The molecule has 18 heavy (non-hydrogen) atoms. The summed E-state index contributed by atoms with van der Waals surface area (Å²) in [4.78, 5) is 4.60. The van der Waals surface area contributed by atoms with E-state index in [9.17, 15) is 0 Å². The van der Waals surface area contributed by atoms with Crippen LogP contribution in [0.2, 0.25) is 0 Å². The number of aromatic nitrogens is 1. The molecule has 0 aliphatic rings. The molecule has 92 valence electrons. The molecular weight excluding hydrogens is 244 g/mol. The first-order valence-electron chi connectivity index (χ1n) is 5.93. The van der Waals surface area contributed by atoms with E-state index in [1.165, 1.54) is 4.70 Å². The topological polar surface area (TPSA) is 38.1 Å². The third-order valence-electron chi connectivity index (χ3n) is 2.94. The Kier molecular flexibility index (Phi) is 3.13. The molecule has 1 atom stereocenters. The summed E-state index contributed by atoms with van der Waals surface area (Å²) in [6, 6.07) is 10.5. The second kappa shape index (κ2) is 4.92. The van der Waals surface area contributed by atoms with Crippen LogP contribution in [0, 0.1) is 0 Å². The molecule has 0 saturated carbocycles. The van der Waals surface area contributed by atoms with Gasteiger partial charge in [-0.05, 0) is 25.1 Å². The number of nitrogens with one attached hydrogen (secondary N) is 1. The maximum absolute atomic E-state index is 5.08. The maximum atomic E-state index is 5.08. The van der Waals surface area contributed by atoms with Gasteiger partial charge < -0.3 is 9.73 Å². The highest BCUT2D eigenvalue weighted by Crippen LogP contribution is 2.22. The Balaban J connectivity index is 1.69. The van der Waals surface area contributed by atoms with Gasteiger partial charge in [0.2, 0.25) is 0 Å². The fraction of sp³-hybridized carbons (Fsp3) is 0.214. The van der Waals surface area contributed by atoms with Gasteiger partial charge in [0.25, 0.3) is 0 Å². The van der Waals surface area contributed by atoms with E-state index in [4.69, 9.17) is 4.42 Å². The Morgan fingerprint density at radius 1 is 1.33 bits per heavy atom. The number of furan rings is 1. The zero-order valence-corrected chi connectivity index (χ0v) is 10.9. The number of rotatable bonds is 4. The Morgan fingerprint density at radius 2 is 2.22 bits per heavy atom. The highest BCUT2D eigenvalue weighted by atomic mass is 32.1. The molecule has 3 aromatic rings. The zero-order valence-electron chi connectivity index (χ0n) is 10.1. The lowest BCUT2D eigenvalue weighted by Crippen LogP contribution is -2.17. The zero-order chi connectivity index (χ0) is 12.4. The van der Waals surface area contributed by atoms with Crippen molar-refractivity contribution in [2.24, 2.45) is 0 Å². The molecule has 1 unspecified atom stereocenters. The molecular formula is C14H14N2OS. The SMILES string of the molecule is CC(NCc1nc2ccccc2s1)c1ccoc1. The molecule has 0 radical (unpaired) electrons. The predicted molar refractivity (Wildman–Crippen MR) is 73.6 cm³/mol. The summed E-state index contributed by atoms with van der Waals surface area (Å²) < 4.78 is 6.32. The number of hydrogen-bond acceptors (Lipinski definition) is 4. The van der Waals surface area contributed by atoms with Crippen LogP contribution in [0.5, 0.6) is 0 Å². The summed E-state index contributed by atoms with van der Waals surface area (Å²) in [5.41, 5.74) is 2.24. The summed E-state index contributed by atoms with van der Waals surface area (Å²) in [5.74, 6) is 0. The number of thiazole rings is 1. The van der Waals surface area contributed by atoms with Gasteiger partial charge in [0, 0.05) is 18.2 Å². The highest BCUT2D eigenvalue weighted by Gasteiger charge is 2.08. The monoisotopic (exact) mass is 258 g/mol. The van der Waals surface area contributed by atoms with Crippen LogP contribution in [0.1, 0.15) is 23.5 Å². The summed E-state index contributed by atoms with van der Waals surface area (Å²) in [7, 11) is 0. The largest absolute Gasteiger partial charge is 0.472 e. The second-order valence-electron chi connectivity index (χ2n) is 4.23. The molecule has 0 aliphatic heterocycles. The minimum atomic E-state index is 0.274. The standard InChI is InChI=1S/C14H14N2OS/c1-10(11-6-7-17-9-11)15-8-14-16-12-4-2-3-5-13(12)18-14/h2-7,9-10,15H,8H2,1H3. The molecule has 0 fully saturated rings. The van der Waals surface area contributed by atoms with Crippen LogP contribution in [0.4, 0.5) is 0 Å². The van der Waals surface area contributed by atoms with Gasteiger partial charge in [-0.25, -0.2) is 4.98 Å². The second-order valence-corrected chi connectivity index (χ2v) is 5.35. The molecule has 4 heteroatoms. The number of nitrogens with zero attached hydrogens (tertiary/aromatic N) is 1. The van der Waals surface area contributed by atoms with Crippen molar-refractivity contribution in [2.75, 3.05) is 0 Å². The number of fused-ring (bicyclic) bond motifs is 1. The summed E-state index contributed by atoms with van der Waals surface area (Å²) in [6.07, 6.45) is 3.47. The van der Waals surface area contributed by atoms with Gasteiger partial charge >= 0.3 is 0 Å². The first kappa shape index (κ1) is 11.4. The van der Waals surface area contributed by atoms with Crippen molar-refractivity contribution in [3.63, 3.8) is 0 Å². The van der Waals surface area contributed by atoms with Gasteiger partial charge in [-0.2, -0.15) is 0 Å². The minimum absolute atomic E-state index is 0.274. The van der Waals surface area contributed by atoms with Crippen molar-refractivity contribution in [1.82, 2.24) is 10.3 Å². The van der Waals surface area contributed by atoms with Crippen molar-refractivity contribution in [3.05, 3.63) is 53.4 Å². The van der Waals surface area contributed by atoms with Crippen molar-refractivity contribution >= 4 is 21.6 Å². The van der Waals surface area contributed by atoms with Gasteiger partial charge in [-0.1, -0.05) is 12.1 Å². The van der Waals surface area contributed by atoms with Crippen molar-refractivity contribution < 1.29 is 4.42 Å². The predicted octanol–water partition coefficient (Wildman–Crippen LogP) is 3.74. The van der Waals surface area contributed by atoms with E-state index in [2.05, 4.69) is 29.4 Å². The van der Waals surface area contributed by atoms with Gasteiger partial charge in [0.15, 0.2) is 0 Å². The molecule has 2 heterocycles. The van der Waals surface area contributed by atoms with E-state index in [0.717, 1.165) is 22.6 Å². The summed E-state index contributed by atoms with van der Waals surface area (Å²) >= 11 is 1.74. The minimum Gasteiger partial charge on any atom is -0.472 e. The molecule has 3 nitrogen and oxygen atoms in total. The van der Waals surface area contributed by atoms with Gasteiger partial charge in [0.1, 0.15) is 5.01 Å². The fourth-order valence-corrected chi connectivity index (χ4v) is 2.79. The molecule has 2 aromatic heterocycles. The molecule has 3 rings (SSSR count). The Labute approximate surface area is 109 Å². The Morgan fingerprint density at radius 3 is 3.00 bits per heavy atom. The lowest BCUT2D eigenvalue weighted by Gasteiger charge is -2.09. The Bertz CT molecular complexity index is 597. The molecule has 1 N–H and O–H groups in total. The summed E-state index contributed by atoms with van der Waals surface area (Å²) in [6.45, 7) is 2.91. The molecule has 0 spiro atoms. The maximum Gasteiger partial charge on any atom is 0.108 e. The molecule has 1 aromatic carbocycles. The number of para-hydroxylation sites is 1. The highest BCUT2D eigenvalue weighted by molar-refractivity contribution is 7.18. The molecule has 0 amide bonds. The molecule has 0 bridgehead atoms. The number of hydrogen-bond donors (Lipinski definition) is 1. The van der Waals surface area contributed by atoms with Crippen molar-refractivity contribution in [3.8, 4) is 0 Å². The van der Waals surface area contributed by atoms with Crippen LogP contribution < -0.4 is 5.32 Å².